The standard InChI is InChI=1S/C16H14N6O/c1-9-3-5-12-10(7-9)4-6-13(18-12)15-19-20-16(23-15)14-11(17)8-22(2)21-14/h3-8H,17H2,1-2H3. The molecule has 1 aromatic carbocycles. The molecule has 0 saturated heterocycles. The van der Waals surface area contributed by atoms with Crippen LogP contribution in [0.5, 0.6) is 0 Å². The predicted octanol–water partition coefficient (Wildman–Crippen LogP) is 2.58. The lowest BCUT2D eigenvalue weighted by Crippen LogP contribution is -1.88. The van der Waals surface area contributed by atoms with Gasteiger partial charge >= 0.3 is 0 Å². The van der Waals surface area contributed by atoms with Crippen LogP contribution < -0.4 is 5.73 Å². The summed E-state index contributed by atoms with van der Waals surface area (Å²) in [6, 6.07) is 9.93. The number of aromatic nitrogens is 5. The Morgan fingerprint density at radius 3 is 2.70 bits per heavy atom. The molecule has 7 nitrogen and oxygen atoms in total. The molecule has 4 aromatic rings. The Kier molecular flexibility index (Phi) is 2.87. The average molecular weight is 306 g/mol. The molecule has 0 saturated carbocycles. The minimum absolute atomic E-state index is 0.281. The minimum atomic E-state index is 0.281. The second-order valence-electron chi connectivity index (χ2n) is 5.41. The van der Waals surface area contributed by atoms with Crippen molar-refractivity contribution in [3.63, 3.8) is 0 Å². The van der Waals surface area contributed by atoms with E-state index in [4.69, 9.17) is 10.2 Å². The fraction of sp³-hybridized carbons (Fsp3) is 0.125. The number of benzene rings is 1. The quantitative estimate of drug-likeness (QED) is 0.611. The number of fused-ring (bicyclic) bond motifs is 1. The summed E-state index contributed by atoms with van der Waals surface area (Å²) in [4.78, 5) is 4.57. The van der Waals surface area contributed by atoms with Gasteiger partial charge in [0.2, 0.25) is 0 Å². The third-order valence-corrected chi connectivity index (χ3v) is 3.55. The summed E-state index contributed by atoms with van der Waals surface area (Å²) in [6.07, 6.45) is 1.69. The Balaban J connectivity index is 1.77. The average Bonchev–Trinajstić information content (AvgIpc) is 3.13. The summed E-state index contributed by atoms with van der Waals surface area (Å²) < 4.78 is 7.28. The Bertz CT molecular complexity index is 1020. The lowest BCUT2D eigenvalue weighted by atomic mass is 10.1. The SMILES string of the molecule is Cc1ccc2nc(-c3nnc(-c4nn(C)cc4N)o3)ccc2c1. The van der Waals surface area contributed by atoms with Crippen molar-refractivity contribution in [3.05, 3.63) is 42.1 Å². The molecule has 0 fully saturated rings. The number of nitrogens with two attached hydrogens (primary N) is 1. The molecule has 0 radical (unpaired) electrons. The number of pyridine rings is 1. The van der Waals surface area contributed by atoms with Gasteiger partial charge in [0.05, 0.1) is 11.2 Å². The normalized spacial score (nSPS) is 11.2. The molecule has 0 aliphatic carbocycles. The van der Waals surface area contributed by atoms with Gasteiger partial charge in [0, 0.05) is 18.6 Å². The van der Waals surface area contributed by atoms with E-state index in [9.17, 15) is 0 Å². The molecule has 0 amide bonds. The van der Waals surface area contributed by atoms with Crippen LogP contribution in [0.3, 0.4) is 0 Å². The second kappa shape index (κ2) is 4.91. The van der Waals surface area contributed by atoms with Crippen molar-refractivity contribution in [2.24, 2.45) is 7.05 Å². The van der Waals surface area contributed by atoms with Gasteiger partial charge in [-0.25, -0.2) is 4.98 Å². The van der Waals surface area contributed by atoms with E-state index < -0.39 is 0 Å². The van der Waals surface area contributed by atoms with Gasteiger partial charge in [-0.1, -0.05) is 17.7 Å². The third kappa shape index (κ3) is 2.32. The number of nitrogens with zero attached hydrogens (tertiary/aromatic N) is 5. The lowest BCUT2D eigenvalue weighted by molar-refractivity contribution is 0.578. The van der Waals surface area contributed by atoms with Crippen LogP contribution in [0, 0.1) is 6.92 Å². The van der Waals surface area contributed by atoms with Crippen molar-refractivity contribution in [2.75, 3.05) is 5.73 Å². The molecule has 0 aliphatic heterocycles. The van der Waals surface area contributed by atoms with Crippen LogP contribution >= 0.6 is 0 Å². The van der Waals surface area contributed by atoms with Gasteiger partial charge in [-0.15, -0.1) is 10.2 Å². The van der Waals surface area contributed by atoms with Crippen molar-refractivity contribution in [2.45, 2.75) is 6.92 Å². The van der Waals surface area contributed by atoms with Gasteiger partial charge in [0.15, 0.2) is 5.69 Å². The van der Waals surface area contributed by atoms with Gasteiger partial charge in [-0.05, 0) is 25.1 Å². The molecular weight excluding hydrogens is 292 g/mol. The highest BCUT2D eigenvalue weighted by molar-refractivity contribution is 5.81. The van der Waals surface area contributed by atoms with Crippen molar-refractivity contribution in [1.29, 1.82) is 0 Å². The Morgan fingerprint density at radius 1 is 1.09 bits per heavy atom. The fourth-order valence-corrected chi connectivity index (χ4v) is 2.46. The molecule has 4 rings (SSSR count). The highest BCUT2D eigenvalue weighted by Crippen LogP contribution is 2.26. The Morgan fingerprint density at radius 2 is 1.91 bits per heavy atom. The van der Waals surface area contributed by atoms with Gasteiger partial charge in [-0.2, -0.15) is 5.10 Å². The van der Waals surface area contributed by atoms with Crippen molar-refractivity contribution < 1.29 is 4.42 Å². The lowest BCUT2D eigenvalue weighted by Gasteiger charge is -2.00. The molecule has 0 aliphatic rings. The van der Waals surface area contributed by atoms with E-state index in [1.807, 2.05) is 24.3 Å². The van der Waals surface area contributed by atoms with E-state index in [0.717, 1.165) is 10.9 Å². The summed E-state index contributed by atoms with van der Waals surface area (Å²) in [6.45, 7) is 2.05. The first-order valence-corrected chi connectivity index (χ1v) is 7.11. The smallest absolute Gasteiger partial charge is 0.270 e. The molecule has 3 aromatic heterocycles. The van der Waals surface area contributed by atoms with Crippen LogP contribution in [0.15, 0.2) is 40.9 Å². The zero-order valence-electron chi connectivity index (χ0n) is 12.7. The van der Waals surface area contributed by atoms with E-state index in [1.165, 1.54) is 5.56 Å². The zero-order valence-corrected chi connectivity index (χ0v) is 12.7. The van der Waals surface area contributed by atoms with Crippen LogP contribution in [0.2, 0.25) is 0 Å². The first-order chi connectivity index (χ1) is 11.1. The van der Waals surface area contributed by atoms with Crippen LogP contribution in [0.1, 0.15) is 5.56 Å². The number of hydrogen-bond acceptors (Lipinski definition) is 6. The molecule has 2 N–H and O–H groups in total. The van der Waals surface area contributed by atoms with Crippen LogP contribution in [-0.2, 0) is 7.05 Å². The number of anilines is 1. The monoisotopic (exact) mass is 306 g/mol. The molecular formula is C16H14N6O. The van der Waals surface area contributed by atoms with E-state index >= 15 is 0 Å². The second-order valence-corrected chi connectivity index (χ2v) is 5.41. The topological polar surface area (TPSA) is 95.7 Å². The molecule has 3 heterocycles. The van der Waals surface area contributed by atoms with E-state index in [2.05, 4.69) is 33.3 Å². The maximum atomic E-state index is 5.88. The van der Waals surface area contributed by atoms with Crippen LogP contribution in [0.25, 0.3) is 34.1 Å². The van der Waals surface area contributed by atoms with E-state index in [1.54, 1.807) is 17.9 Å². The van der Waals surface area contributed by atoms with Crippen LogP contribution in [-0.4, -0.2) is 25.0 Å². The number of aryl methyl sites for hydroxylation is 2. The summed E-state index contributed by atoms with van der Waals surface area (Å²) in [5.41, 5.74) is 9.54. The summed E-state index contributed by atoms with van der Waals surface area (Å²) in [5.74, 6) is 0.622. The van der Waals surface area contributed by atoms with Crippen molar-refractivity contribution in [3.8, 4) is 23.2 Å². The van der Waals surface area contributed by atoms with Crippen molar-refractivity contribution in [1.82, 2.24) is 25.0 Å². The molecule has 0 unspecified atom stereocenters. The van der Waals surface area contributed by atoms with E-state index in [0.29, 0.717) is 23.0 Å². The number of hydrogen-bond donors (Lipinski definition) is 1. The summed E-state index contributed by atoms with van der Waals surface area (Å²) in [5, 5.41) is 13.4. The highest BCUT2D eigenvalue weighted by Gasteiger charge is 2.16. The molecule has 0 spiro atoms. The highest BCUT2D eigenvalue weighted by atomic mass is 16.4. The van der Waals surface area contributed by atoms with Crippen LogP contribution in [0.4, 0.5) is 5.69 Å². The van der Waals surface area contributed by atoms with Gasteiger partial charge in [0.1, 0.15) is 5.69 Å². The third-order valence-electron chi connectivity index (χ3n) is 3.55. The summed E-state index contributed by atoms with van der Waals surface area (Å²) >= 11 is 0. The Hall–Kier alpha value is -3.22. The summed E-state index contributed by atoms with van der Waals surface area (Å²) in [7, 11) is 1.78. The molecule has 23 heavy (non-hydrogen) atoms. The maximum Gasteiger partial charge on any atom is 0.270 e. The van der Waals surface area contributed by atoms with Crippen molar-refractivity contribution >= 4 is 16.6 Å². The molecule has 7 heteroatoms. The number of rotatable bonds is 2. The van der Waals surface area contributed by atoms with Gasteiger partial charge < -0.3 is 10.2 Å². The maximum absolute atomic E-state index is 5.88. The first-order valence-electron chi connectivity index (χ1n) is 7.11. The van der Waals surface area contributed by atoms with Gasteiger partial charge in [0.25, 0.3) is 11.8 Å². The number of nitrogen functional groups attached to an aromatic ring is 1. The molecule has 0 atom stereocenters. The largest absolute Gasteiger partial charge is 0.413 e. The molecule has 0 bridgehead atoms. The zero-order chi connectivity index (χ0) is 16.0. The fourth-order valence-electron chi connectivity index (χ4n) is 2.46. The van der Waals surface area contributed by atoms with E-state index in [-0.39, 0.29) is 5.89 Å². The first kappa shape index (κ1) is 13.4. The van der Waals surface area contributed by atoms with Gasteiger partial charge in [-0.3, -0.25) is 4.68 Å². The molecule has 114 valence electrons. The minimum Gasteiger partial charge on any atom is -0.413 e. The predicted molar refractivity (Wildman–Crippen MR) is 86.4 cm³/mol. The Labute approximate surface area is 131 Å².